The average molecular weight is 348 g/mol. The molecule has 0 saturated heterocycles. The lowest BCUT2D eigenvalue weighted by Gasteiger charge is -2.11. The van der Waals surface area contributed by atoms with Crippen LogP contribution in [0.5, 0.6) is 0 Å². The molecule has 2 nitrogen and oxygen atoms in total. The summed E-state index contributed by atoms with van der Waals surface area (Å²) in [7, 11) is -3.62. The summed E-state index contributed by atoms with van der Waals surface area (Å²) in [5.41, 5.74) is 3.71. The van der Waals surface area contributed by atoms with E-state index in [1.54, 1.807) is 18.2 Å². The summed E-state index contributed by atoms with van der Waals surface area (Å²) in [5, 5.41) is 0. The fraction of sp³-hybridized carbons (Fsp3) is 0.0909. The van der Waals surface area contributed by atoms with E-state index in [-0.39, 0.29) is 0 Å². The Morgan fingerprint density at radius 1 is 0.720 bits per heavy atom. The molecule has 0 aliphatic rings. The molecule has 126 valence electrons. The van der Waals surface area contributed by atoms with Crippen LogP contribution in [0.2, 0.25) is 0 Å². The van der Waals surface area contributed by atoms with Gasteiger partial charge in [-0.2, -0.15) is 0 Å². The van der Waals surface area contributed by atoms with Crippen LogP contribution in [0.4, 0.5) is 0 Å². The van der Waals surface area contributed by atoms with Crippen molar-refractivity contribution in [3.05, 3.63) is 101 Å². The minimum absolute atomic E-state index is 0.306. The molecule has 3 aromatic carbocycles. The van der Waals surface area contributed by atoms with E-state index in [1.807, 2.05) is 80.6 Å². The second-order valence-corrected chi connectivity index (χ2v) is 8.02. The van der Waals surface area contributed by atoms with Gasteiger partial charge in [-0.05, 0) is 43.2 Å². The molecule has 0 amide bonds. The molecule has 0 N–H and O–H groups in total. The molecular formula is C22H20O2S. The number of hydrogen-bond donors (Lipinski definition) is 0. The SMILES string of the molecule is Cc1ccc(/C=C(\c2ccccc2)S(=O)(=O)c2ccc(C)cc2)cc1. The minimum Gasteiger partial charge on any atom is -0.218 e. The van der Waals surface area contributed by atoms with Crippen LogP contribution in [0, 0.1) is 13.8 Å². The Morgan fingerprint density at radius 3 is 1.80 bits per heavy atom. The van der Waals surface area contributed by atoms with E-state index in [0.29, 0.717) is 15.4 Å². The van der Waals surface area contributed by atoms with E-state index in [4.69, 9.17) is 0 Å². The zero-order valence-corrected chi connectivity index (χ0v) is 15.1. The first-order valence-electron chi connectivity index (χ1n) is 8.12. The van der Waals surface area contributed by atoms with Crippen LogP contribution in [-0.2, 0) is 9.84 Å². The van der Waals surface area contributed by atoms with Crippen molar-refractivity contribution in [3.8, 4) is 0 Å². The normalized spacial score (nSPS) is 12.2. The molecule has 0 radical (unpaired) electrons. The van der Waals surface area contributed by atoms with Crippen molar-refractivity contribution in [3.63, 3.8) is 0 Å². The monoisotopic (exact) mass is 348 g/mol. The fourth-order valence-electron chi connectivity index (χ4n) is 2.58. The molecule has 0 aromatic heterocycles. The highest BCUT2D eigenvalue weighted by molar-refractivity contribution is 8.00. The molecule has 0 saturated carbocycles. The van der Waals surface area contributed by atoms with Gasteiger partial charge < -0.3 is 0 Å². The van der Waals surface area contributed by atoms with Crippen LogP contribution in [0.3, 0.4) is 0 Å². The third-order valence-electron chi connectivity index (χ3n) is 4.05. The molecule has 0 atom stereocenters. The fourth-order valence-corrected chi connectivity index (χ4v) is 4.06. The zero-order chi connectivity index (χ0) is 17.9. The Morgan fingerprint density at radius 2 is 1.24 bits per heavy atom. The first-order chi connectivity index (χ1) is 12.0. The van der Waals surface area contributed by atoms with Crippen molar-refractivity contribution >= 4 is 20.8 Å². The highest BCUT2D eigenvalue weighted by atomic mass is 32.2. The summed E-state index contributed by atoms with van der Waals surface area (Å²) in [6, 6.07) is 24.0. The van der Waals surface area contributed by atoms with Gasteiger partial charge in [-0.15, -0.1) is 0 Å². The van der Waals surface area contributed by atoms with Gasteiger partial charge in [-0.3, -0.25) is 0 Å². The lowest BCUT2D eigenvalue weighted by molar-refractivity contribution is 0.606. The van der Waals surface area contributed by atoms with Gasteiger partial charge in [0.2, 0.25) is 9.84 Å². The van der Waals surface area contributed by atoms with Crippen molar-refractivity contribution in [2.24, 2.45) is 0 Å². The largest absolute Gasteiger partial charge is 0.218 e. The molecule has 3 rings (SSSR count). The maximum absolute atomic E-state index is 13.2. The van der Waals surface area contributed by atoms with Gasteiger partial charge in [0.25, 0.3) is 0 Å². The third kappa shape index (κ3) is 3.89. The van der Waals surface area contributed by atoms with Crippen LogP contribution >= 0.6 is 0 Å². The standard InChI is InChI=1S/C22H20O2S/c1-17-8-12-19(13-9-17)16-22(20-6-4-3-5-7-20)25(23,24)21-14-10-18(2)11-15-21/h3-16H,1-2H3/b22-16+. The van der Waals surface area contributed by atoms with Gasteiger partial charge in [0.1, 0.15) is 0 Å². The maximum Gasteiger partial charge on any atom is 0.207 e. The molecule has 25 heavy (non-hydrogen) atoms. The summed E-state index contributed by atoms with van der Waals surface area (Å²) < 4.78 is 26.5. The Bertz CT molecular complexity index is 982. The number of sulfone groups is 1. The number of benzene rings is 3. The summed E-state index contributed by atoms with van der Waals surface area (Å²) in [5.74, 6) is 0. The summed E-state index contributed by atoms with van der Waals surface area (Å²) in [6.07, 6.45) is 1.74. The summed E-state index contributed by atoms with van der Waals surface area (Å²) in [4.78, 5) is 0.612. The van der Waals surface area contributed by atoms with Crippen molar-refractivity contribution in [2.75, 3.05) is 0 Å². The minimum atomic E-state index is -3.62. The molecule has 0 spiro atoms. The molecule has 3 aromatic rings. The van der Waals surface area contributed by atoms with Gasteiger partial charge in [0.05, 0.1) is 9.80 Å². The Balaban J connectivity index is 2.17. The smallest absolute Gasteiger partial charge is 0.207 e. The first-order valence-corrected chi connectivity index (χ1v) is 9.61. The van der Waals surface area contributed by atoms with Crippen LogP contribution in [0.15, 0.2) is 83.8 Å². The highest BCUT2D eigenvalue weighted by Crippen LogP contribution is 2.30. The van der Waals surface area contributed by atoms with Gasteiger partial charge in [-0.25, -0.2) is 8.42 Å². The predicted molar refractivity (Wildman–Crippen MR) is 104 cm³/mol. The summed E-state index contributed by atoms with van der Waals surface area (Å²) in [6.45, 7) is 3.95. The first kappa shape index (κ1) is 17.2. The van der Waals surface area contributed by atoms with Gasteiger partial charge in [-0.1, -0.05) is 77.9 Å². The van der Waals surface area contributed by atoms with E-state index in [9.17, 15) is 8.42 Å². The molecule has 0 unspecified atom stereocenters. The molecule has 0 bridgehead atoms. The van der Waals surface area contributed by atoms with E-state index in [0.717, 1.165) is 16.7 Å². The zero-order valence-electron chi connectivity index (χ0n) is 14.3. The lowest BCUT2D eigenvalue weighted by Crippen LogP contribution is -2.04. The maximum atomic E-state index is 13.2. The number of rotatable bonds is 4. The van der Waals surface area contributed by atoms with Crippen molar-refractivity contribution in [1.29, 1.82) is 0 Å². The van der Waals surface area contributed by atoms with Crippen LogP contribution in [-0.4, -0.2) is 8.42 Å². The van der Waals surface area contributed by atoms with Gasteiger partial charge >= 0.3 is 0 Å². The molecule has 0 fully saturated rings. The van der Waals surface area contributed by atoms with Crippen LogP contribution in [0.25, 0.3) is 11.0 Å². The van der Waals surface area contributed by atoms with Crippen molar-refractivity contribution in [2.45, 2.75) is 18.7 Å². The molecule has 0 aliphatic carbocycles. The Kier molecular flexibility index (Phi) is 4.86. The molecule has 0 aliphatic heterocycles. The van der Waals surface area contributed by atoms with E-state index in [1.165, 1.54) is 0 Å². The van der Waals surface area contributed by atoms with E-state index >= 15 is 0 Å². The number of aryl methyl sites for hydroxylation is 2. The topological polar surface area (TPSA) is 34.1 Å². The van der Waals surface area contributed by atoms with Crippen LogP contribution in [0.1, 0.15) is 22.3 Å². The van der Waals surface area contributed by atoms with Crippen LogP contribution < -0.4 is 0 Å². The van der Waals surface area contributed by atoms with Crippen molar-refractivity contribution < 1.29 is 8.42 Å². The number of hydrogen-bond acceptors (Lipinski definition) is 2. The second kappa shape index (κ2) is 7.08. The highest BCUT2D eigenvalue weighted by Gasteiger charge is 2.22. The van der Waals surface area contributed by atoms with Crippen molar-refractivity contribution in [1.82, 2.24) is 0 Å². The van der Waals surface area contributed by atoms with Gasteiger partial charge in [0.15, 0.2) is 0 Å². The lowest BCUT2D eigenvalue weighted by atomic mass is 10.1. The molecule has 3 heteroatoms. The third-order valence-corrected chi connectivity index (χ3v) is 5.88. The quantitative estimate of drug-likeness (QED) is 0.602. The van der Waals surface area contributed by atoms with E-state index in [2.05, 4.69) is 0 Å². The second-order valence-electron chi connectivity index (χ2n) is 6.10. The predicted octanol–water partition coefficient (Wildman–Crippen LogP) is 5.28. The molecular weight excluding hydrogens is 328 g/mol. The average Bonchev–Trinajstić information content (AvgIpc) is 2.62. The Hall–Kier alpha value is -2.65. The van der Waals surface area contributed by atoms with E-state index < -0.39 is 9.84 Å². The summed E-state index contributed by atoms with van der Waals surface area (Å²) >= 11 is 0. The Labute approximate surface area is 149 Å². The molecule has 0 heterocycles. The van der Waals surface area contributed by atoms with Gasteiger partial charge in [0, 0.05) is 0 Å².